The number of hydrogen-bond acceptors (Lipinski definition) is 7. The maximum atomic E-state index is 15.1. The number of nitrogens with one attached hydrogen (secondary N) is 2. The number of anilines is 1. The molecule has 1 aromatic heterocycles. The van der Waals surface area contributed by atoms with Crippen molar-refractivity contribution in [1.82, 2.24) is 15.2 Å². The molecule has 8 nitrogen and oxygen atoms in total. The fourth-order valence-electron chi connectivity index (χ4n) is 6.39. The molecule has 44 heavy (non-hydrogen) atoms. The molecule has 1 saturated carbocycles. The fourth-order valence-corrected chi connectivity index (χ4v) is 6.62. The average Bonchev–Trinajstić information content (AvgIpc) is 3.54. The molecule has 0 bridgehead atoms. The standard InChI is InChI=1S/C34H35FN4O4S/c1-39-18-23-12-22(13-24(23)19-39)20-42-32-17-28-26(16-31(32)41-2)29(10-11-36-28)43-30-9-8-25(15-27(30)35)37-34(44)38-33(40)14-21-6-4-3-5-7-21/h3-11,15-17,22-24H,12-14,18-20H2,1-2H3,(H2,37,38,40,44). The SMILES string of the molecule is COc1cc2c(Oc3ccc(NC(=S)NC(=O)Cc4ccccc4)cc3F)ccnc2cc1OCC1CC2CN(C)CC2C1. The second-order valence-electron chi connectivity index (χ2n) is 11.6. The number of hydrogen-bond donors (Lipinski definition) is 2. The first-order valence-electron chi connectivity index (χ1n) is 14.7. The van der Waals surface area contributed by atoms with Crippen LogP contribution in [0.2, 0.25) is 0 Å². The minimum atomic E-state index is -0.599. The zero-order chi connectivity index (χ0) is 30.6. The summed E-state index contributed by atoms with van der Waals surface area (Å²) in [6, 6.07) is 19.1. The molecule has 228 valence electrons. The largest absolute Gasteiger partial charge is 0.493 e. The lowest BCUT2D eigenvalue weighted by Gasteiger charge is -2.18. The van der Waals surface area contributed by atoms with E-state index >= 15 is 4.39 Å². The van der Waals surface area contributed by atoms with Crippen molar-refractivity contribution in [2.24, 2.45) is 17.8 Å². The number of rotatable bonds is 9. The van der Waals surface area contributed by atoms with Gasteiger partial charge in [0, 0.05) is 42.5 Å². The van der Waals surface area contributed by atoms with E-state index in [-0.39, 0.29) is 23.2 Å². The van der Waals surface area contributed by atoms with E-state index in [4.69, 9.17) is 26.4 Å². The number of pyridine rings is 1. The topological polar surface area (TPSA) is 85.0 Å². The maximum absolute atomic E-state index is 15.1. The predicted octanol–water partition coefficient (Wildman–Crippen LogP) is 6.20. The molecular formula is C34H35FN4O4S. The predicted molar refractivity (Wildman–Crippen MR) is 172 cm³/mol. The molecule has 0 radical (unpaired) electrons. The molecule has 2 aliphatic rings. The highest BCUT2D eigenvalue weighted by Crippen LogP contribution is 2.42. The molecule has 10 heteroatoms. The van der Waals surface area contributed by atoms with Crippen LogP contribution in [-0.4, -0.2) is 54.8 Å². The van der Waals surface area contributed by atoms with Gasteiger partial charge in [0.15, 0.2) is 28.2 Å². The van der Waals surface area contributed by atoms with E-state index in [0.29, 0.717) is 46.4 Å². The van der Waals surface area contributed by atoms with E-state index in [0.717, 1.165) is 17.4 Å². The lowest BCUT2D eigenvalue weighted by atomic mass is 10.0. The molecule has 2 unspecified atom stereocenters. The molecular weight excluding hydrogens is 579 g/mol. The van der Waals surface area contributed by atoms with Crippen molar-refractivity contribution in [3.8, 4) is 23.0 Å². The summed E-state index contributed by atoms with van der Waals surface area (Å²) in [6.07, 6.45) is 4.18. The van der Waals surface area contributed by atoms with E-state index < -0.39 is 5.82 Å². The Morgan fingerprint density at radius 1 is 1.00 bits per heavy atom. The molecule has 1 saturated heterocycles. The number of carbonyl (C=O) groups is 1. The number of methoxy groups -OCH3 is 1. The van der Waals surface area contributed by atoms with Gasteiger partial charge in [-0.15, -0.1) is 0 Å². The third kappa shape index (κ3) is 6.92. The molecule has 4 aromatic rings. The second-order valence-corrected chi connectivity index (χ2v) is 12.0. The number of aromatic nitrogens is 1. The van der Waals surface area contributed by atoms with Crippen molar-refractivity contribution in [2.75, 3.05) is 39.2 Å². The Balaban J connectivity index is 1.10. The van der Waals surface area contributed by atoms with Gasteiger partial charge < -0.3 is 29.7 Å². The number of nitrogens with zero attached hydrogens (tertiary/aromatic N) is 2. The summed E-state index contributed by atoms with van der Waals surface area (Å²) in [5.74, 6) is 2.84. The number of likely N-dealkylation sites (tertiary alicyclic amines) is 1. The summed E-state index contributed by atoms with van der Waals surface area (Å²) in [5, 5.41) is 6.21. The van der Waals surface area contributed by atoms with Crippen LogP contribution in [-0.2, 0) is 11.2 Å². The maximum Gasteiger partial charge on any atom is 0.230 e. The van der Waals surface area contributed by atoms with Gasteiger partial charge in [-0.3, -0.25) is 9.78 Å². The van der Waals surface area contributed by atoms with E-state index in [1.807, 2.05) is 42.5 Å². The van der Waals surface area contributed by atoms with Gasteiger partial charge >= 0.3 is 0 Å². The number of carbonyl (C=O) groups excluding carboxylic acids is 1. The van der Waals surface area contributed by atoms with Gasteiger partial charge in [-0.1, -0.05) is 30.3 Å². The average molecular weight is 615 g/mol. The number of thiocarbonyl (C=S) groups is 1. The third-order valence-corrected chi connectivity index (χ3v) is 8.57. The van der Waals surface area contributed by atoms with Crippen LogP contribution >= 0.6 is 12.2 Å². The molecule has 6 rings (SSSR count). The Kier molecular flexibility index (Phi) is 8.90. The van der Waals surface area contributed by atoms with Crippen LogP contribution in [0, 0.1) is 23.6 Å². The monoisotopic (exact) mass is 614 g/mol. The zero-order valence-electron chi connectivity index (χ0n) is 24.7. The van der Waals surface area contributed by atoms with Crippen LogP contribution in [0.15, 0.2) is 72.9 Å². The highest BCUT2D eigenvalue weighted by molar-refractivity contribution is 7.80. The zero-order valence-corrected chi connectivity index (χ0v) is 25.5. The molecule has 2 atom stereocenters. The quantitative estimate of drug-likeness (QED) is 0.216. The molecule has 1 aliphatic heterocycles. The molecule has 0 spiro atoms. The van der Waals surface area contributed by atoms with Gasteiger partial charge in [0.05, 0.1) is 25.7 Å². The number of halogens is 1. The summed E-state index contributed by atoms with van der Waals surface area (Å²) in [7, 11) is 3.80. The summed E-state index contributed by atoms with van der Waals surface area (Å²) in [6.45, 7) is 2.99. The highest BCUT2D eigenvalue weighted by Gasteiger charge is 2.39. The van der Waals surface area contributed by atoms with Gasteiger partial charge in [-0.2, -0.15) is 0 Å². The Morgan fingerprint density at radius 3 is 2.50 bits per heavy atom. The second kappa shape index (κ2) is 13.2. The molecule has 1 amide bonds. The van der Waals surface area contributed by atoms with Crippen LogP contribution in [0.1, 0.15) is 18.4 Å². The third-order valence-electron chi connectivity index (χ3n) is 8.36. The van der Waals surface area contributed by atoms with Crippen molar-refractivity contribution >= 4 is 39.8 Å². The molecule has 3 aromatic carbocycles. The number of fused-ring (bicyclic) bond motifs is 2. The number of benzene rings is 3. The fraction of sp³-hybridized carbons (Fsp3) is 0.324. The normalized spacial score (nSPS) is 19.4. The van der Waals surface area contributed by atoms with Gasteiger partial charge in [-0.05, 0) is 79.7 Å². The first-order valence-corrected chi connectivity index (χ1v) is 15.2. The van der Waals surface area contributed by atoms with Gasteiger partial charge in [-0.25, -0.2) is 4.39 Å². The smallest absolute Gasteiger partial charge is 0.230 e. The summed E-state index contributed by atoms with van der Waals surface area (Å²) in [4.78, 5) is 19.2. The van der Waals surface area contributed by atoms with Crippen molar-refractivity contribution in [3.05, 3.63) is 84.3 Å². The van der Waals surface area contributed by atoms with Crippen LogP contribution in [0.4, 0.5) is 10.1 Å². The van der Waals surface area contributed by atoms with E-state index in [1.54, 1.807) is 25.4 Å². The van der Waals surface area contributed by atoms with Gasteiger partial charge in [0.1, 0.15) is 5.75 Å². The van der Waals surface area contributed by atoms with Crippen LogP contribution in [0.25, 0.3) is 10.9 Å². The summed E-state index contributed by atoms with van der Waals surface area (Å²) < 4.78 is 33.1. The first-order chi connectivity index (χ1) is 21.3. The molecule has 2 N–H and O–H groups in total. The number of ether oxygens (including phenoxy) is 3. The van der Waals surface area contributed by atoms with E-state index in [2.05, 4.69) is 27.6 Å². The Morgan fingerprint density at radius 2 is 1.77 bits per heavy atom. The molecule has 2 fully saturated rings. The summed E-state index contributed by atoms with van der Waals surface area (Å²) >= 11 is 5.24. The lowest BCUT2D eigenvalue weighted by molar-refractivity contribution is -0.119. The Hall–Kier alpha value is -4.28. The molecule has 2 heterocycles. The van der Waals surface area contributed by atoms with Crippen molar-refractivity contribution in [1.29, 1.82) is 0 Å². The van der Waals surface area contributed by atoms with Crippen molar-refractivity contribution in [3.63, 3.8) is 0 Å². The number of amides is 1. The van der Waals surface area contributed by atoms with E-state index in [1.165, 1.54) is 38.1 Å². The Labute approximate surface area is 261 Å². The van der Waals surface area contributed by atoms with Gasteiger partial charge in [0.25, 0.3) is 0 Å². The van der Waals surface area contributed by atoms with Crippen LogP contribution < -0.4 is 24.8 Å². The van der Waals surface area contributed by atoms with Crippen LogP contribution in [0.3, 0.4) is 0 Å². The minimum Gasteiger partial charge on any atom is -0.493 e. The lowest BCUT2D eigenvalue weighted by Crippen LogP contribution is -2.35. The highest BCUT2D eigenvalue weighted by atomic mass is 32.1. The molecule has 1 aliphatic carbocycles. The first kappa shape index (κ1) is 29.8. The van der Waals surface area contributed by atoms with Crippen LogP contribution in [0.5, 0.6) is 23.0 Å². The van der Waals surface area contributed by atoms with Crippen molar-refractivity contribution in [2.45, 2.75) is 19.3 Å². The van der Waals surface area contributed by atoms with Crippen molar-refractivity contribution < 1.29 is 23.4 Å². The summed E-state index contributed by atoms with van der Waals surface area (Å²) in [5.41, 5.74) is 1.89. The van der Waals surface area contributed by atoms with Gasteiger partial charge in [0.2, 0.25) is 5.91 Å². The minimum absolute atomic E-state index is 0.0267. The van der Waals surface area contributed by atoms with E-state index in [9.17, 15) is 4.79 Å². The Bertz CT molecular complexity index is 1660.